The van der Waals surface area contributed by atoms with Gasteiger partial charge in [0.25, 0.3) is 0 Å². The fourth-order valence-corrected chi connectivity index (χ4v) is 3.81. The summed E-state index contributed by atoms with van der Waals surface area (Å²) in [5, 5.41) is 9.44. The zero-order valence-corrected chi connectivity index (χ0v) is 17.3. The normalized spacial score (nSPS) is 10.8. The summed E-state index contributed by atoms with van der Waals surface area (Å²) in [6, 6.07) is 14.0. The molecule has 0 N–H and O–H groups in total. The quantitative estimate of drug-likeness (QED) is 0.547. The minimum atomic E-state index is 0.0729. The summed E-state index contributed by atoms with van der Waals surface area (Å²) >= 11 is 1.43. The second kappa shape index (κ2) is 9.50. The first kappa shape index (κ1) is 20.1. The number of aromatic nitrogens is 4. The molecule has 7 heteroatoms. The third kappa shape index (κ3) is 4.98. The van der Waals surface area contributed by atoms with E-state index in [0.29, 0.717) is 12.3 Å². The molecule has 0 aliphatic heterocycles. The molecule has 0 bridgehead atoms. The minimum absolute atomic E-state index is 0.0729. The van der Waals surface area contributed by atoms with Gasteiger partial charge in [-0.2, -0.15) is 0 Å². The number of pyridine rings is 1. The highest BCUT2D eigenvalue weighted by atomic mass is 32.2. The van der Waals surface area contributed by atoms with Crippen LogP contribution in [0.15, 0.2) is 53.8 Å². The summed E-state index contributed by atoms with van der Waals surface area (Å²) < 4.78 is 2.06. The monoisotopic (exact) mass is 395 g/mol. The van der Waals surface area contributed by atoms with Crippen LogP contribution in [-0.2, 0) is 17.8 Å². The molecule has 0 unspecified atom stereocenters. The highest BCUT2D eigenvalue weighted by Crippen LogP contribution is 2.24. The third-order valence-corrected chi connectivity index (χ3v) is 5.44. The molecule has 0 aliphatic rings. The van der Waals surface area contributed by atoms with Gasteiger partial charge >= 0.3 is 0 Å². The zero-order valence-electron chi connectivity index (χ0n) is 16.5. The topological polar surface area (TPSA) is 63.9 Å². The average molecular weight is 396 g/mol. The number of rotatable bonds is 8. The predicted molar refractivity (Wildman–Crippen MR) is 112 cm³/mol. The van der Waals surface area contributed by atoms with Gasteiger partial charge in [-0.05, 0) is 32.0 Å². The molecule has 0 saturated heterocycles. The average Bonchev–Trinajstić information content (AvgIpc) is 3.14. The molecular weight excluding hydrogens is 370 g/mol. The number of likely N-dealkylation sites (N-methyl/N-ethyl adjacent to an activating group) is 1. The predicted octanol–water partition coefficient (Wildman–Crippen LogP) is 3.46. The van der Waals surface area contributed by atoms with Crippen molar-refractivity contribution in [3.8, 4) is 11.4 Å². The van der Waals surface area contributed by atoms with E-state index in [-0.39, 0.29) is 5.91 Å². The smallest absolute Gasteiger partial charge is 0.232 e. The molecule has 0 atom stereocenters. The molecule has 6 nitrogen and oxygen atoms in total. The van der Waals surface area contributed by atoms with Gasteiger partial charge in [-0.25, -0.2) is 0 Å². The first-order chi connectivity index (χ1) is 13.6. The number of thioether (sulfide) groups is 1. The van der Waals surface area contributed by atoms with Crippen molar-refractivity contribution < 1.29 is 4.79 Å². The van der Waals surface area contributed by atoms with Crippen molar-refractivity contribution in [2.75, 3.05) is 19.3 Å². The number of hydrogen-bond donors (Lipinski definition) is 0. The molecule has 1 amide bonds. The van der Waals surface area contributed by atoms with Crippen molar-refractivity contribution >= 4 is 17.7 Å². The summed E-state index contributed by atoms with van der Waals surface area (Å²) in [4.78, 5) is 18.5. The number of amides is 1. The number of aryl methyl sites for hydroxylation is 1. The van der Waals surface area contributed by atoms with E-state index in [9.17, 15) is 4.79 Å². The van der Waals surface area contributed by atoms with Crippen molar-refractivity contribution in [2.45, 2.75) is 32.0 Å². The first-order valence-corrected chi connectivity index (χ1v) is 10.3. The number of nitrogens with zero attached hydrogens (tertiary/aromatic N) is 5. The third-order valence-electron chi connectivity index (χ3n) is 4.49. The van der Waals surface area contributed by atoms with Crippen LogP contribution in [0.25, 0.3) is 11.4 Å². The van der Waals surface area contributed by atoms with Gasteiger partial charge < -0.3 is 9.47 Å². The molecule has 1 aromatic carbocycles. The van der Waals surface area contributed by atoms with Crippen LogP contribution in [0.1, 0.15) is 18.2 Å². The van der Waals surface area contributed by atoms with Gasteiger partial charge in [-0.1, -0.05) is 41.6 Å². The van der Waals surface area contributed by atoms with Crippen LogP contribution >= 0.6 is 11.8 Å². The second-order valence-corrected chi connectivity index (χ2v) is 7.54. The van der Waals surface area contributed by atoms with Crippen LogP contribution in [-0.4, -0.2) is 49.9 Å². The maximum atomic E-state index is 12.5. The molecule has 0 saturated carbocycles. The van der Waals surface area contributed by atoms with Gasteiger partial charge in [0.05, 0.1) is 5.75 Å². The SMILES string of the molecule is CCn1c(SCC(=O)N(C)CCc2ccccn2)nnc1-c1cccc(C)c1. The van der Waals surface area contributed by atoms with E-state index in [4.69, 9.17) is 0 Å². The molecule has 0 aliphatic carbocycles. The zero-order chi connectivity index (χ0) is 19.9. The maximum Gasteiger partial charge on any atom is 0.232 e. The molecule has 3 aromatic rings. The lowest BCUT2D eigenvalue weighted by Crippen LogP contribution is -2.30. The molecule has 146 valence electrons. The van der Waals surface area contributed by atoms with E-state index in [1.807, 2.05) is 37.4 Å². The van der Waals surface area contributed by atoms with Gasteiger partial charge in [-0.3, -0.25) is 9.78 Å². The van der Waals surface area contributed by atoms with Crippen LogP contribution < -0.4 is 0 Å². The summed E-state index contributed by atoms with van der Waals surface area (Å²) in [5.41, 5.74) is 3.21. The summed E-state index contributed by atoms with van der Waals surface area (Å²) in [5.74, 6) is 1.25. The number of carbonyl (C=O) groups excluding carboxylic acids is 1. The Kier molecular flexibility index (Phi) is 6.81. The lowest BCUT2D eigenvalue weighted by Gasteiger charge is -2.16. The van der Waals surface area contributed by atoms with Crippen LogP contribution in [0, 0.1) is 6.92 Å². The Morgan fingerprint density at radius 3 is 2.75 bits per heavy atom. The van der Waals surface area contributed by atoms with Crippen LogP contribution in [0.5, 0.6) is 0 Å². The summed E-state index contributed by atoms with van der Waals surface area (Å²) in [6.07, 6.45) is 2.52. The Labute approximate surface area is 170 Å². The summed E-state index contributed by atoms with van der Waals surface area (Å²) in [6.45, 7) is 5.52. The number of hydrogen-bond acceptors (Lipinski definition) is 5. The largest absolute Gasteiger partial charge is 0.345 e. The van der Waals surface area contributed by atoms with Crippen molar-refractivity contribution in [3.05, 3.63) is 59.9 Å². The Bertz CT molecular complexity index is 926. The molecule has 28 heavy (non-hydrogen) atoms. The Morgan fingerprint density at radius 2 is 2.04 bits per heavy atom. The molecule has 0 radical (unpaired) electrons. The number of carbonyl (C=O) groups is 1. The standard InChI is InChI=1S/C21H25N5OS/c1-4-26-20(17-9-7-8-16(2)14-17)23-24-21(26)28-15-19(27)25(3)13-11-18-10-5-6-12-22-18/h5-10,12,14H,4,11,13,15H2,1-3H3. The molecular formula is C21H25N5OS. The van der Waals surface area contributed by atoms with Crippen LogP contribution in [0.4, 0.5) is 0 Å². The van der Waals surface area contributed by atoms with E-state index in [0.717, 1.165) is 35.2 Å². The first-order valence-electron chi connectivity index (χ1n) is 9.35. The highest BCUT2D eigenvalue weighted by molar-refractivity contribution is 7.99. The fourth-order valence-electron chi connectivity index (χ4n) is 2.87. The van der Waals surface area contributed by atoms with Crippen LogP contribution in [0.2, 0.25) is 0 Å². The van der Waals surface area contributed by atoms with E-state index in [2.05, 4.69) is 45.7 Å². The Hall–Kier alpha value is -2.67. The van der Waals surface area contributed by atoms with Gasteiger partial charge in [0.2, 0.25) is 5.91 Å². The van der Waals surface area contributed by atoms with E-state index >= 15 is 0 Å². The van der Waals surface area contributed by atoms with Crippen molar-refractivity contribution in [1.82, 2.24) is 24.6 Å². The molecule has 2 heterocycles. The Balaban J connectivity index is 1.60. The van der Waals surface area contributed by atoms with Gasteiger partial charge in [0.1, 0.15) is 0 Å². The van der Waals surface area contributed by atoms with Gasteiger partial charge in [0, 0.05) is 44.0 Å². The van der Waals surface area contributed by atoms with Gasteiger partial charge in [0.15, 0.2) is 11.0 Å². The number of benzene rings is 1. The van der Waals surface area contributed by atoms with Gasteiger partial charge in [-0.15, -0.1) is 10.2 Å². The maximum absolute atomic E-state index is 12.5. The van der Waals surface area contributed by atoms with Crippen molar-refractivity contribution in [2.24, 2.45) is 0 Å². The van der Waals surface area contributed by atoms with E-state index in [1.54, 1.807) is 11.1 Å². The molecule has 2 aromatic heterocycles. The van der Waals surface area contributed by atoms with Crippen molar-refractivity contribution in [1.29, 1.82) is 0 Å². The fraction of sp³-hybridized carbons (Fsp3) is 0.333. The van der Waals surface area contributed by atoms with E-state index < -0.39 is 0 Å². The molecule has 3 rings (SSSR count). The highest BCUT2D eigenvalue weighted by Gasteiger charge is 2.16. The molecule has 0 spiro atoms. The molecule has 0 fully saturated rings. The Morgan fingerprint density at radius 1 is 1.18 bits per heavy atom. The van der Waals surface area contributed by atoms with Crippen LogP contribution in [0.3, 0.4) is 0 Å². The second-order valence-electron chi connectivity index (χ2n) is 6.59. The minimum Gasteiger partial charge on any atom is -0.345 e. The lowest BCUT2D eigenvalue weighted by atomic mass is 10.1. The van der Waals surface area contributed by atoms with E-state index in [1.165, 1.54) is 17.3 Å². The van der Waals surface area contributed by atoms with Crippen molar-refractivity contribution in [3.63, 3.8) is 0 Å². The lowest BCUT2D eigenvalue weighted by molar-refractivity contribution is -0.127. The summed E-state index contributed by atoms with van der Waals surface area (Å²) in [7, 11) is 1.83.